The zero-order valence-corrected chi connectivity index (χ0v) is 13.2. The largest absolute Gasteiger partial charge is 0.342 e. The third-order valence-electron chi connectivity index (χ3n) is 5.07. The Kier molecular flexibility index (Phi) is 6.30. The summed E-state index contributed by atoms with van der Waals surface area (Å²) >= 11 is 0. The van der Waals surface area contributed by atoms with Gasteiger partial charge in [0.1, 0.15) is 0 Å². The molecule has 2 rings (SSSR count). The molecule has 4 heteroatoms. The van der Waals surface area contributed by atoms with Gasteiger partial charge in [-0.3, -0.25) is 4.79 Å². The van der Waals surface area contributed by atoms with Gasteiger partial charge >= 0.3 is 0 Å². The molecule has 2 fully saturated rings. The average Bonchev–Trinajstić information content (AvgIpc) is 2.95. The number of carbonyl (C=O) groups excluding carboxylic acids is 1. The zero-order chi connectivity index (χ0) is 14.4. The molecule has 0 bridgehead atoms. The molecule has 3 atom stereocenters. The molecule has 3 unspecified atom stereocenters. The highest BCUT2D eigenvalue weighted by Gasteiger charge is 2.34. The normalized spacial score (nSPS) is 30.4. The van der Waals surface area contributed by atoms with E-state index in [-0.39, 0.29) is 5.91 Å². The van der Waals surface area contributed by atoms with Crippen LogP contribution in [-0.2, 0) is 4.79 Å². The van der Waals surface area contributed by atoms with Crippen LogP contribution in [0.1, 0.15) is 52.4 Å². The van der Waals surface area contributed by atoms with Gasteiger partial charge in [-0.05, 0) is 52.0 Å². The van der Waals surface area contributed by atoms with Gasteiger partial charge in [-0.15, -0.1) is 0 Å². The Hall–Kier alpha value is -0.610. The number of rotatable bonds is 6. The van der Waals surface area contributed by atoms with Crippen molar-refractivity contribution in [1.82, 2.24) is 15.5 Å². The third kappa shape index (κ3) is 3.95. The van der Waals surface area contributed by atoms with Crippen molar-refractivity contribution >= 4 is 5.91 Å². The fourth-order valence-electron chi connectivity index (χ4n) is 3.87. The number of nitrogens with one attached hydrogen (secondary N) is 2. The summed E-state index contributed by atoms with van der Waals surface area (Å²) in [6, 6.07) is 1.21. The molecule has 0 radical (unpaired) electrons. The lowest BCUT2D eigenvalue weighted by Gasteiger charge is -2.33. The van der Waals surface area contributed by atoms with Crippen LogP contribution in [0.3, 0.4) is 0 Å². The van der Waals surface area contributed by atoms with E-state index in [0.717, 1.165) is 19.0 Å². The van der Waals surface area contributed by atoms with E-state index in [1.807, 2.05) is 18.7 Å². The van der Waals surface area contributed by atoms with Gasteiger partial charge in [0.25, 0.3) is 0 Å². The predicted octanol–water partition coefficient (Wildman–Crippen LogP) is 1.76. The topological polar surface area (TPSA) is 44.4 Å². The summed E-state index contributed by atoms with van der Waals surface area (Å²) in [5.41, 5.74) is 0. The highest BCUT2D eigenvalue weighted by atomic mass is 16.2. The summed E-state index contributed by atoms with van der Waals surface area (Å²) in [6.07, 6.45) is 7.84. The van der Waals surface area contributed by atoms with E-state index in [4.69, 9.17) is 0 Å². The molecule has 1 aliphatic carbocycles. The molecule has 1 aliphatic heterocycles. The molecular formula is C16H31N3O. The molecule has 2 aliphatic rings. The van der Waals surface area contributed by atoms with Crippen LogP contribution in [0, 0.1) is 5.92 Å². The number of nitrogens with zero attached hydrogens (tertiary/aromatic N) is 1. The number of hydrogen-bond acceptors (Lipinski definition) is 3. The van der Waals surface area contributed by atoms with E-state index < -0.39 is 0 Å². The van der Waals surface area contributed by atoms with Crippen LogP contribution in [0.25, 0.3) is 0 Å². The van der Waals surface area contributed by atoms with Gasteiger partial charge in [0, 0.05) is 25.2 Å². The third-order valence-corrected chi connectivity index (χ3v) is 5.07. The van der Waals surface area contributed by atoms with Crippen molar-refractivity contribution in [3.8, 4) is 0 Å². The van der Waals surface area contributed by atoms with E-state index in [0.29, 0.717) is 18.6 Å². The van der Waals surface area contributed by atoms with Crippen LogP contribution in [0.4, 0.5) is 0 Å². The summed E-state index contributed by atoms with van der Waals surface area (Å²) in [7, 11) is 0. The molecule has 0 aromatic carbocycles. The van der Waals surface area contributed by atoms with E-state index in [9.17, 15) is 4.79 Å². The summed E-state index contributed by atoms with van der Waals surface area (Å²) in [5, 5.41) is 7.24. The molecule has 1 amide bonds. The quantitative estimate of drug-likeness (QED) is 0.780. The minimum absolute atomic E-state index is 0.247. The van der Waals surface area contributed by atoms with E-state index in [2.05, 4.69) is 10.6 Å². The van der Waals surface area contributed by atoms with E-state index in [1.165, 1.54) is 45.1 Å². The molecule has 2 N–H and O–H groups in total. The van der Waals surface area contributed by atoms with Crippen LogP contribution in [-0.4, -0.2) is 49.1 Å². The van der Waals surface area contributed by atoms with Crippen LogP contribution in [0.2, 0.25) is 0 Å². The first-order chi connectivity index (χ1) is 9.76. The summed E-state index contributed by atoms with van der Waals surface area (Å²) in [6.45, 7) is 7.41. The number of amides is 1. The molecule has 116 valence electrons. The van der Waals surface area contributed by atoms with Gasteiger partial charge in [0.2, 0.25) is 5.91 Å². The second-order valence-corrected chi connectivity index (χ2v) is 6.20. The van der Waals surface area contributed by atoms with Crippen LogP contribution < -0.4 is 10.6 Å². The Balaban J connectivity index is 1.80. The van der Waals surface area contributed by atoms with Crippen molar-refractivity contribution < 1.29 is 4.79 Å². The summed E-state index contributed by atoms with van der Waals surface area (Å²) < 4.78 is 0. The Morgan fingerprint density at radius 2 is 1.95 bits per heavy atom. The smallest absolute Gasteiger partial charge is 0.236 e. The molecule has 4 nitrogen and oxygen atoms in total. The Labute approximate surface area is 123 Å². The number of piperidine rings is 1. The fourth-order valence-corrected chi connectivity index (χ4v) is 3.87. The first-order valence-electron chi connectivity index (χ1n) is 8.50. The Morgan fingerprint density at radius 1 is 1.15 bits per heavy atom. The van der Waals surface area contributed by atoms with Crippen LogP contribution in [0.15, 0.2) is 0 Å². The van der Waals surface area contributed by atoms with Gasteiger partial charge in [0.15, 0.2) is 0 Å². The SMILES string of the molecule is CCN(CC)C(=O)CNC1CCCC1C1CCCCN1. The van der Waals surface area contributed by atoms with Crippen molar-refractivity contribution in [2.24, 2.45) is 5.92 Å². The Morgan fingerprint density at radius 3 is 2.60 bits per heavy atom. The number of carbonyl (C=O) groups is 1. The molecule has 0 spiro atoms. The second kappa shape index (κ2) is 7.99. The molecule has 1 saturated heterocycles. The number of hydrogen-bond donors (Lipinski definition) is 2. The van der Waals surface area contributed by atoms with Gasteiger partial charge in [0.05, 0.1) is 6.54 Å². The highest BCUT2D eigenvalue weighted by Crippen LogP contribution is 2.31. The van der Waals surface area contributed by atoms with Gasteiger partial charge in [-0.2, -0.15) is 0 Å². The monoisotopic (exact) mass is 281 g/mol. The first kappa shape index (κ1) is 15.8. The van der Waals surface area contributed by atoms with E-state index >= 15 is 0 Å². The summed E-state index contributed by atoms with van der Waals surface area (Å²) in [5.74, 6) is 0.969. The maximum absolute atomic E-state index is 12.1. The van der Waals surface area contributed by atoms with Crippen molar-refractivity contribution in [2.45, 2.75) is 64.5 Å². The van der Waals surface area contributed by atoms with Crippen molar-refractivity contribution in [3.63, 3.8) is 0 Å². The standard InChI is InChI=1S/C16H31N3O/c1-3-19(4-2)16(20)12-18-15-10-7-8-13(15)14-9-5-6-11-17-14/h13-15,17-18H,3-12H2,1-2H3. The molecule has 0 aromatic heterocycles. The summed E-state index contributed by atoms with van der Waals surface area (Å²) in [4.78, 5) is 14.0. The molecular weight excluding hydrogens is 250 g/mol. The molecule has 20 heavy (non-hydrogen) atoms. The average molecular weight is 281 g/mol. The molecule has 0 aromatic rings. The lowest BCUT2D eigenvalue weighted by atomic mass is 9.88. The molecule has 1 saturated carbocycles. The van der Waals surface area contributed by atoms with Gasteiger partial charge in [-0.25, -0.2) is 0 Å². The Bertz CT molecular complexity index is 298. The lowest BCUT2D eigenvalue weighted by Crippen LogP contribution is -2.49. The van der Waals surface area contributed by atoms with Crippen LogP contribution in [0.5, 0.6) is 0 Å². The number of likely N-dealkylation sites (N-methyl/N-ethyl adjacent to an activating group) is 1. The van der Waals surface area contributed by atoms with Gasteiger partial charge < -0.3 is 15.5 Å². The maximum Gasteiger partial charge on any atom is 0.236 e. The maximum atomic E-state index is 12.1. The van der Waals surface area contributed by atoms with E-state index in [1.54, 1.807) is 0 Å². The second-order valence-electron chi connectivity index (χ2n) is 6.20. The van der Waals surface area contributed by atoms with Crippen LogP contribution >= 0.6 is 0 Å². The first-order valence-corrected chi connectivity index (χ1v) is 8.50. The van der Waals surface area contributed by atoms with Crippen molar-refractivity contribution in [3.05, 3.63) is 0 Å². The van der Waals surface area contributed by atoms with Crippen molar-refractivity contribution in [2.75, 3.05) is 26.2 Å². The zero-order valence-electron chi connectivity index (χ0n) is 13.2. The van der Waals surface area contributed by atoms with Crippen molar-refractivity contribution in [1.29, 1.82) is 0 Å². The fraction of sp³-hybridized carbons (Fsp3) is 0.938. The highest BCUT2D eigenvalue weighted by molar-refractivity contribution is 5.78. The lowest BCUT2D eigenvalue weighted by molar-refractivity contribution is -0.130. The minimum Gasteiger partial charge on any atom is -0.342 e. The predicted molar refractivity (Wildman–Crippen MR) is 82.7 cm³/mol. The molecule has 1 heterocycles. The van der Waals surface area contributed by atoms with Gasteiger partial charge in [-0.1, -0.05) is 12.8 Å². The minimum atomic E-state index is 0.247.